The molecule has 1 amide bonds. The van der Waals surface area contributed by atoms with E-state index in [1.54, 1.807) is 12.1 Å². The van der Waals surface area contributed by atoms with Gasteiger partial charge in [-0.25, -0.2) is 17.2 Å². The predicted octanol–water partition coefficient (Wildman–Crippen LogP) is 4.67. The Morgan fingerprint density at radius 1 is 0.893 bits per heavy atom. The minimum absolute atomic E-state index is 0.110. The number of amides is 1. The summed E-state index contributed by atoms with van der Waals surface area (Å²) in [6.45, 7) is 0. The van der Waals surface area contributed by atoms with Crippen molar-refractivity contribution in [2.24, 2.45) is 0 Å². The summed E-state index contributed by atoms with van der Waals surface area (Å²) in [5.74, 6) is -2.95. The Morgan fingerprint density at radius 2 is 1.64 bits per heavy atom. The maximum atomic E-state index is 13.3. The van der Waals surface area contributed by atoms with Crippen LogP contribution in [0.2, 0.25) is 5.02 Å². The van der Waals surface area contributed by atoms with E-state index in [1.165, 1.54) is 36.4 Å². The van der Waals surface area contributed by atoms with Gasteiger partial charge in [0.1, 0.15) is 0 Å². The van der Waals surface area contributed by atoms with Crippen LogP contribution in [-0.2, 0) is 10.0 Å². The van der Waals surface area contributed by atoms with Crippen LogP contribution in [0.3, 0.4) is 0 Å². The Morgan fingerprint density at radius 3 is 2.36 bits per heavy atom. The van der Waals surface area contributed by atoms with Gasteiger partial charge in [0, 0.05) is 11.3 Å². The molecule has 0 saturated carbocycles. The summed E-state index contributed by atoms with van der Waals surface area (Å²) in [5.41, 5.74) is 0.263. The SMILES string of the molecule is O=C(Nc1cccc(S(=O)(=O)Nc2ccccc2Cl)c1)c1ccc(F)c(F)c1. The molecule has 0 aromatic heterocycles. The molecular weight excluding hydrogens is 410 g/mol. The lowest BCUT2D eigenvalue weighted by Gasteiger charge is -2.11. The van der Waals surface area contributed by atoms with Gasteiger partial charge in [-0.1, -0.05) is 29.8 Å². The lowest BCUT2D eigenvalue weighted by atomic mass is 10.2. The van der Waals surface area contributed by atoms with Crippen LogP contribution < -0.4 is 10.0 Å². The number of hydrogen-bond donors (Lipinski definition) is 2. The Hall–Kier alpha value is -2.97. The van der Waals surface area contributed by atoms with Gasteiger partial charge in [-0.3, -0.25) is 9.52 Å². The number of carbonyl (C=O) groups is 1. The van der Waals surface area contributed by atoms with Crippen LogP contribution in [0.25, 0.3) is 0 Å². The van der Waals surface area contributed by atoms with Crippen LogP contribution in [0, 0.1) is 11.6 Å². The first-order chi connectivity index (χ1) is 13.3. The molecule has 0 fully saturated rings. The predicted molar refractivity (Wildman–Crippen MR) is 103 cm³/mol. The number of para-hydroxylation sites is 1. The van der Waals surface area contributed by atoms with E-state index in [4.69, 9.17) is 11.6 Å². The number of rotatable bonds is 5. The number of benzene rings is 3. The normalized spacial score (nSPS) is 11.1. The molecule has 2 N–H and O–H groups in total. The van der Waals surface area contributed by atoms with Gasteiger partial charge in [0.05, 0.1) is 15.6 Å². The van der Waals surface area contributed by atoms with E-state index in [0.29, 0.717) is 0 Å². The first kappa shape index (κ1) is 19.8. The van der Waals surface area contributed by atoms with E-state index in [2.05, 4.69) is 10.0 Å². The molecule has 0 bridgehead atoms. The van der Waals surface area contributed by atoms with Gasteiger partial charge >= 0.3 is 0 Å². The number of sulfonamides is 1. The van der Waals surface area contributed by atoms with Crippen LogP contribution in [0.5, 0.6) is 0 Å². The molecule has 0 aliphatic rings. The number of anilines is 2. The quantitative estimate of drug-likeness (QED) is 0.627. The van der Waals surface area contributed by atoms with E-state index in [-0.39, 0.29) is 26.9 Å². The highest BCUT2D eigenvalue weighted by Gasteiger charge is 2.17. The van der Waals surface area contributed by atoms with Crippen molar-refractivity contribution in [3.63, 3.8) is 0 Å². The van der Waals surface area contributed by atoms with Crippen molar-refractivity contribution >= 4 is 38.9 Å². The van der Waals surface area contributed by atoms with Gasteiger partial charge < -0.3 is 5.32 Å². The van der Waals surface area contributed by atoms with Crippen molar-refractivity contribution in [1.82, 2.24) is 0 Å². The Bertz CT molecular complexity index is 1150. The first-order valence-electron chi connectivity index (χ1n) is 7.90. The highest BCUT2D eigenvalue weighted by atomic mass is 35.5. The van der Waals surface area contributed by atoms with Crippen molar-refractivity contribution in [2.45, 2.75) is 4.90 Å². The zero-order chi connectivity index (χ0) is 20.3. The summed E-state index contributed by atoms with van der Waals surface area (Å²) >= 11 is 5.97. The smallest absolute Gasteiger partial charge is 0.262 e. The Kier molecular flexibility index (Phi) is 5.62. The standard InChI is InChI=1S/C19H13ClF2N2O3S/c20-15-6-1-2-7-18(15)24-28(26,27)14-5-3-4-13(11-14)23-19(25)12-8-9-16(21)17(22)10-12/h1-11,24H,(H,23,25). The average molecular weight is 423 g/mol. The molecule has 28 heavy (non-hydrogen) atoms. The zero-order valence-corrected chi connectivity index (χ0v) is 15.7. The summed E-state index contributed by atoms with van der Waals surface area (Å²) < 4.78 is 53.8. The topological polar surface area (TPSA) is 75.3 Å². The van der Waals surface area contributed by atoms with E-state index in [9.17, 15) is 22.0 Å². The molecular formula is C19H13ClF2N2O3S. The molecule has 3 aromatic carbocycles. The van der Waals surface area contributed by atoms with E-state index < -0.39 is 27.6 Å². The van der Waals surface area contributed by atoms with Gasteiger partial charge in [-0.2, -0.15) is 0 Å². The maximum absolute atomic E-state index is 13.3. The number of halogens is 3. The van der Waals surface area contributed by atoms with Crippen molar-refractivity contribution in [3.05, 3.63) is 89.0 Å². The second kappa shape index (κ2) is 7.95. The molecule has 0 unspecified atom stereocenters. The summed E-state index contributed by atoms with van der Waals surface area (Å²) in [6, 6.07) is 14.5. The average Bonchev–Trinajstić information content (AvgIpc) is 2.66. The highest BCUT2D eigenvalue weighted by molar-refractivity contribution is 7.92. The summed E-state index contributed by atoms with van der Waals surface area (Å²) in [5, 5.41) is 2.68. The molecule has 0 atom stereocenters. The monoisotopic (exact) mass is 422 g/mol. The third-order valence-electron chi connectivity index (χ3n) is 3.70. The fourth-order valence-corrected chi connectivity index (χ4v) is 3.69. The fourth-order valence-electron chi connectivity index (χ4n) is 2.33. The number of hydrogen-bond acceptors (Lipinski definition) is 3. The molecule has 144 valence electrons. The molecule has 9 heteroatoms. The highest BCUT2D eigenvalue weighted by Crippen LogP contribution is 2.25. The molecule has 5 nitrogen and oxygen atoms in total. The molecule has 3 rings (SSSR count). The lowest BCUT2D eigenvalue weighted by Crippen LogP contribution is -2.15. The molecule has 0 radical (unpaired) electrons. The van der Waals surface area contributed by atoms with Crippen molar-refractivity contribution in [3.8, 4) is 0 Å². The zero-order valence-electron chi connectivity index (χ0n) is 14.1. The third kappa shape index (κ3) is 4.47. The first-order valence-corrected chi connectivity index (χ1v) is 9.76. The van der Waals surface area contributed by atoms with Crippen molar-refractivity contribution < 1.29 is 22.0 Å². The van der Waals surface area contributed by atoms with E-state index >= 15 is 0 Å². The van der Waals surface area contributed by atoms with Gasteiger partial charge in [0.2, 0.25) is 0 Å². The van der Waals surface area contributed by atoms with Gasteiger partial charge in [0.15, 0.2) is 11.6 Å². The summed E-state index contributed by atoms with van der Waals surface area (Å²) in [4.78, 5) is 12.1. The van der Waals surface area contributed by atoms with Gasteiger partial charge in [0.25, 0.3) is 15.9 Å². The van der Waals surface area contributed by atoms with Crippen molar-refractivity contribution in [1.29, 1.82) is 0 Å². The van der Waals surface area contributed by atoms with E-state index in [0.717, 1.165) is 18.2 Å². The van der Waals surface area contributed by atoms with Crippen LogP contribution >= 0.6 is 11.6 Å². The molecule has 0 spiro atoms. The molecule has 0 heterocycles. The van der Waals surface area contributed by atoms with Crippen LogP contribution in [0.15, 0.2) is 71.6 Å². The summed E-state index contributed by atoms with van der Waals surface area (Å²) in [6.07, 6.45) is 0. The second-order valence-corrected chi connectivity index (χ2v) is 7.79. The largest absolute Gasteiger partial charge is 0.322 e. The molecule has 0 saturated heterocycles. The minimum atomic E-state index is -3.97. The maximum Gasteiger partial charge on any atom is 0.262 e. The van der Waals surface area contributed by atoms with Crippen LogP contribution in [-0.4, -0.2) is 14.3 Å². The van der Waals surface area contributed by atoms with Crippen LogP contribution in [0.4, 0.5) is 20.2 Å². The van der Waals surface area contributed by atoms with Gasteiger partial charge in [-0.05, 0) is 48.5 Å². The van der Waals surface area contributed by atoms with Gasteiger partial charge in [-0.15, -0.1) is 0 Å². The Balaban J connectivity index is 1.82. The second-order valence-electron chi connectivity index (χ2n) is 5.70. The fraction of sp³-hybridized carbons (Fsp3) is 0. The molecule has 0 aliphatic carbocycles. The van der Waals surface area contributed by atoms with Crippen molar-refractivity contribution in [2.75, 3.05) is 10.0 Å². The summed E-state index contributed by atoms with van der Waals surface area (Å²) in [7, 11) is -3.97. The lowest BCUT2D eigenvalue weighted by molar-refractivity contribution is 0.102. The van der Waals surface area contributed by atoms with Crippen LogP contribution in [0.1, 0.15) is 10.4 Å². The Labute approximate surface area is 165 Å². The van der Waals surface area contributed by atoms with E-state index in [1.807, 2.05) is 0 Å². The molecule has 0 aliphatic heterocycles. The number of carbonyl (C=O) groups excluding carboxylic acids is 1. The third-order valence-corrected chi connectivity index (χ3v) is 5.39. The minimum Gasteiger partial charge on any atom is -0.322 e. The number of nitrogens with one attached hydrogen (secondary N) is 2. The molecule has 3 aromatic rings.